The summed E-state index contributed by atoms with van der Waals surface area (Å²) in [6.45, 7) is 0.682. The maximum Gasteiger partial charge on any atom is 0.148 e. The molecule has 2 rings (SSSR count). The molecule has 0 unspecified atom stereocenters. The van der Waals surface area contributed by atoms with E-state index in [-0.39, 0.29) is 0 Å². The summed E-state index contributed by atoms with van der Waals surface area (Å²) < 4.78 is 0. The zero-order valence-electron chi connectivity index (χ0n) is 7.14. The van der Waals surface area contributed by atoms with E-state index in [2.05, 4.69) is 20.3 Å². The lowest BCUT2D eigenvalue weighted by Crippen LogP contribution is -2.00. The van der Waals surface area contributed by atoms with Gasteiger partial charge in [-0.05, 0) is 0 Å². The van der Waals surface area contributed by atoms with Crippen molar-refractivity contribution in [1.29, 1.82) is 0 Å². The highest BCUT2D eigenvalue weighted by atomic mass is 35.5. The van der Waals surface area contributed by atoms with Crippen LogP contribution >= 0.6 is 22.9 Å². The van der Waals surface area contributed by atoms with Crippen molar-refractivity contribution in [2.45, 2.75) is 6.54 Å². The molecule has 0 fully saturated rings. The average molecular weight is 227 g/mol. The van der Waals surface area contributed by atoms with Gasteiger partial charge in [0, 0.05) is 11.1 Å². The molecular weight excluding hydrogens is 220 g/mol. The summed E-state index contributed by atoms with van der Waals surface area (Å²) in [5.74, 6) is 0.648. The first-order valence-electron chi connectivity index (χ1n) is 3.93. The number of halogens is 1. The van der Waals surface area contributed by atoms with E-state index < -0.39 is 0 Å². The standard InChI is InChI=1S/C8H7ClN4S/c9-7-3-10-4-13-8(7)12-2-6-1-11-5-14-6/h1,3-5H,2H2,(H,10,12,13). The molecule has 1 N–H and O–H groups in total. The molecule has 2 aromatic heterocycles. The Hall–Kier alpha value is -1.20. The fraction of sp³-hybridized carbons (Fsp3) is 0.125. The summed E-state index contributed by atoms with van der Waals surface area (Å²) in [6.07, 6.45) is 4.83. The highest BCUT2D eigenvalue weighted by Crippen LogP contribution is 2.17. The quantitative estimate of drug-likeness (QED) is 0.872. The normalized spacial score (nSPS) is 10.1. The Morgan fingerprint density at radius 1 is 1.36 bits per heavy atom. The Balaban J connectivity index is 2.02. The van der Waals surface area contributed by atoms with E-state index in [0.29, 0.717) is 17.4 Å². The Morgan fingerprint density at radius 3 is 3.00 bits per heavy atom. The van der Waals surface area contributed by atoms with Gasteiger partial charge < -0.3 is 5.32 Å². The Bertz CT molecular complexity index is 403. The first-order valence-corrected chi connectivity index (χ1v) is 5.19. The molecule has 0 aliphatic rings. The zero-order chi connectivity index (χ0) is 9.80. The molecule has 2 aromatic rings. The van der Waals surface area contributed by atoms with Gasteiger partial charge in [0.25, 0.3) is 0 Å². The smallest absolute Gasteiger partial charge is 0.148 e. The van der Waals surface area contributed by atoms with Crippen LogP contribution in [-0.4, -0.2) is 15.0 Å². The fourth-order valence-electron chi connectivity index (χ4n) is 0.943. The van der Waals surface area contributed by atoms with Gasteiger partial charge in [-0.15, -0.1) is 11.3 Å². The van der Waals surface area contributed by atoms with Crippen LogP contribution in [-0.2, 0) is 6.54 Å². The van der Waals surface area contributed by atoms with Crippen LogP contribution in [0.15, 0.2) is 24.2 Å². The Kier molecular flexibility index (Phi) is 2.90. The van der Waals surface area contributed by atoms with E-state index in [9.17, 15) is 0 Å². The molecule has 4 nitrogen and oxygen atoms in total. The van der Waals surface area contributed by atoms with Crippen molar-refractivity contribution in [3.63, 3.8) is 0 Å². The minimum atomic E-state index is 0.525. The van der Waals surface area contributed by atoms with E-state index in [1.165, 1.54) is 6.33 Å². The molecule has 0 atom stereocenters. The molecule has 0 radical (unpaired) electrons. The van der Waals surface area contributed by atoms with Gasteiger partial charge in [-0.1, -0.05) is 11.6 Å². The second-order valence-corrected chi connectivity index (χ2v) is 3.92. The van der Waals surface area contributed by atoms with Crippen molar-refractivity contribution in [3.05, 3.63) is 34.1 Å². The fourth-order valence-corrected chi connectivity index (χ4v) is 1.65. The molecule has 0 spiro atoms. The Morgan fingerprint density at radius 2 is 2.29 bits per heavy atom. The molecule has 72 valence electrons. The number of aromatic nitrogens is 3. The van der Waals surface area contributed by atoms with Crippen LogP contribution in [0.1, 0.15) is 4.88 Å². The summed E-state index contributed by atoms with van der Waals surface area (Å²) in [5, 5.41) is 3.63. The van der Waals surface area contributed by atoms with Crippen LogP contribution in [0.2, 0.25) is 5.02 Å². The van der Waals surface area contributed by atoms with Crippen molar-refractivity contribution in [1.82, 2.24) is 15.0 Å². The molecular formula is C8H7ClN4S. The number of anilines is 1. The summed E-state index contributed by atoms with van der Waals surface area (Å²) in [6, 6.07) is 0. The number of thiazole rings is 1. The predicted molar refractivity (Wildman–Crippen MR) is 56.5 cm³/mol. The lowest BCUT2D eigenvalue weighted by Gasteiger charge is -2.03. The number of hydrogen-bond donors (Lipinski definition) is 1. The van der Waals surface area contributed by atoms with Crippen molar-refractivity contribution < 1.29 is 0 Å². The summed E-state index contributed by atoms with van der Waals surface area (Å²) in [4.78, 5) is 12.9. The molecule has 14 heavy (non-hydrogen) atoms. The van der Waals surface area contributed by atoms with Crippen LogP contribution < -0.4 is 5.32 Å². The third-order valence-corrected chi connectivity index (χ3v) is 2.64. The molecule has 0 bridgehead atoms. The van der Waals surface area contributed by atoms with Crippen molar-refractivity contribution >= 4 is 28.8 Å². The molecule has 6 heteroatoms. The molecule has 0 aromatic carbocycles. The lowest BCUT2D eigenvalue weighted by molar-refractivity contribution is 1.09. The van der Waals surface area contributed by atoms with E-state index in [4.69, 9.17) is 11.6 Å². The number of rotatable bonds is 3. The summed E-state index contributed by atoms with van der Waals surface area (Å²) in [7, 11) is 0. The maximum atomic E-state index is 5.86. The van der Waals surface area contributed by atoms with Gasteiger partial charge >= 0.3 is 0 Å². The van der Waals surface area contributed by atoms with Crippen molar-refractivity contribution in [3.8, 4) is 0 Å². The van der Waals surface area contributed by atoms with Gasteiger partial charge in [-0.3, -0.25) is 4.98 Å². The molecule has 0 amide bonds. The maximum absolute atomic E-state index is 5.86. The minimum absolute atomic E-state index is 0.525. The molecule has 0 saturated carbocycles. The summed E-state index contributed by atoms with van der Waals surface area (Å²) >= 11 is 7.45. The van der Waals surface area contributed by atoms with Gasteiger partial charge in [0.2, 0.25) is 0 Å². The van der Waals surface area contributed by atoms with Crippen LogP contribution in [0.4, 0.5) is 5.82 Å². The topological polar surface area (TPSA) is 50.7 Å². The second-order valence-electron chi connectivity index (χ2n) is 2.54. The van der Waals surface area contributed by atoms with Crippen LogP contribution in [0.5, 0.6) is 0 Å². The van der Waals surface area contributed by atoms with Gasteiger partial charge in [-0.25, -0.2) is 9.97 Å². The third-order valence-electron chi connectivity index (χ3n) is 1.58. The molecule has 0 aliphatic heterocycles. The highest BCUT2D eigenvalue weighted by Gasteiger charge is 2.00. The first-order chi connectivity index (χ1) is 6.86. The first kappa shape index (κ1) is 9.36. The number of nitrogens with one attached hydrogen (secondary N) is 1. The summed E-state index contributed by atoms with van der Waals surface area (Å²) in [5.41, 5.74) is 1.79. The van der Waals surface area contributed by atoms with E-state index in [1.807, 2.05) is 6.20 Å². The van der Waals surface area contributed by atoms with Crippen LogP contribution in [0, 0.1) is 0 Å². The van der Waals surface area contributed by atoms with Crippen molar-refractivity contribution in [2.24, 2.45) is 0 Å². The minimum Gasteiger partial charge on any atom is -0.364 e. The second kappa shape index (κ2) is 4.34. The highest BCUT2D eigenvalue weighted by molar-refractivity contribution is 7.09. The molecule has 0 aliphatic carbocycles. The van der Waals surface area contributed by atoms with Crippen LogP contribution in [0.25, 0.3) is 0 Å². The predicted octanol–water partition coefficient (Wildman–Crippen LogP) is 2.20. The third kappa shape index (κ3) is 2.18. The van der Waals surface area contributed by atoms with Crippen LogP contribution in [0.3, 0.4) is 0 Å². The van der Waals surface area contributed by atoms with Gasteiger partial charge in [0.15, 0.2) is 0 Å². The monoisotopic (exact) mass is 226 g/mol. The van der Waals surface area contributed by atoms with Gasteiger partial charge in [0.05, 0.1) is 18.3 Å². The average Bonchev–Trinajstić information content (AvgIpc) is 2.69. The van der Waals surface area contributed by atoms with Crippen molar-refractivity contribution in [2.75, 3.05) is 5.32 Å². The lowest BCUT2D eigenvalue weighted by atomic mass is 10.5. The van der Waals surface area contributed by atoms with Gasteiger partial charge in [-0.2, -0.15) is 0 Å². The van der Waals surface area contributed by atoms with E-state index >= 15 is 0 Å². The molecule has 0 saturated heterocycles. The van der Waals surface area contributed by atoms with E-state index in [0.717, 1.165) is 4.88 Å². The molecule has 2 heterocycles. The number of hydrogen-bond acceptors (Lipinski definition) is 5. The SMILES string of the molecule is Clc1cncnc1NCc1cncs1. The number of nitrogens with zero attached hydrogens (tertiary/aromatic N) is 3. The zero-order valence-corrected chi connectivity index (χ0v) is 8.72. The Labute approximate surface area is 90.0 Å². The largest absolute Gasteiger partial charge is 0.364 e. The van der Waals surface area contributed by atoms with Gasteiger partial charge in [0.1, 0.15) is 17.2 Å². The van der Waals surface area contributed by atoms with E-state index in [1.54, 1.807) is 23.0 Å².